The molecule has 3 aromatic rings. The second-order valence-corrected chi connectivity index (χ2v) is 11.4. The van der Waals surface area contributed by atoms with Crippen LogP contribution in [0, 0.1) is 11.8 Å². The van der Waals surface area contributed by atoms with Crippen molar-refractivity contribution in [3.05, 3.63) is 59.8 Å². The van der Waals surface area contributed by atoms with Gasteiger partial charge in [0.05, 0.1) is 26.7 Å². The first-order valence-electron chi connectivity index (χ1n) is 14.9. The van der Waals surface area contributed by atoms with E-state index in [1.165, 1.54) is 7.11 Å². The van der Waals surface area contributed by atoms with Crippen molar-refractivity contribution in [2.75, 3.05) is 27.4 Å². The van der Waals surface area contributed by atoms with Crippen molar-refractivity contribution in [1.29, 1.82) is 0 Å². The Morgan fingerprint density at radius 2 is 1.69 bits per heavy atom. The number of ether oxygens (including phenoxy) is 3. The van der Waals surface area contributed by atoms with Crippen LogP contribution in [0.4, 0.5) is 0 Å². The van der Waals surface area contributed by atoms with E-state index in [0.717, 1.165) is 5.39 Å². The molecule has 1 fully saturated rings. The monoisotopic (exact) mass is 620 g/mol. The maximum absolute atomic E-state index is 13.6. The summed E-state index contributed by atoms with van der Waals surface area (Å²) in [5, 5.41) is 8.98. The van der Waals surface area contributed by atoms with Gasteiger partial charge in [-0.3, -0.25) is 24.0 Å². The molecule has 240 valence electrons. The molecule has 3 atom stereocenters. The normalized spacial score (nSPS) is 15.7. The summed E-state index contributed by atoms with van der Waals surface area (Å²) >= 11 is 0. The molecule has 12 heteroatoms. The van der Waals surface area contributed by atoms with Crippen LogP contribution < -0.4 is 25.4 Å². The van der Waals surface area contributed by atoms with Gasteiger partial charge in [0.2, 0.25) is 11.8 Å². The van der Waals surface area contributed by atoms with Gasteiger partial charge in [0.15, 0.2) is 12.4 Å². The molecule has 2 heterocycles. The maximum atomic E-state index is 13.6. The number of Topliss-reactive ketones (excluding diaryl/α,β-unsaturated/α-hetero) is 1. The molecule has 12 nitrogen and oxygen atoms in total. The Hall–Kier alpha value is -4.87. The van der Waals surface area contributed by atoms with E-state index >= 15 is 0 Å². The van der Waals surface area contributed by atoms with Crippen LogP contribution in [-0.2, 0) is 30.3 Å². The molecule has 1 saturated heterocycles. The highest BCUT2D eigenvalue weighted by atomic mass is 16.5. The fourth-order valence-electron chi connectivity index (χ4n) is 5.37. The molecule has 1 aromatic heterocycles. The molecule has 0 spiro atoms. The predicted molar refractivity (Wildman–Crippen MR) is 166 cm³/mol. The number of ketones is 1. The van der Waals surface area contributed by atoms with Crippen LogP contribution in [0.1, 0.15) is 49.2 Å². The standard InChI is InChI=1S/C33H40N4O8/c1-19(2)14-25(37-33(42)26-17-22-23(35-26)9-7-11-29(22)44-4)32(41)36-24(15-21-12-13-34-31(21)40)27(38)18-45-30(39)16-20-8-5-6-10-28(20)43-3/h5-11,17,19,21,24-25,35H,12-16,18H2,1-4H3,(H,34,40)(H,36,41)(H,37,42)/t21-,24-,25-/m0/s1. The summed E-state index contributed by atoms with van der Waals surface area (Å²) in [5.74, 6) is -1.86. The first kappa shape index (κ1) is 33.0. The Kier molecular flexibility index (Phi) is 11.2. The third kappa shape index (κ3) is 8.62. The zero-order valence-electron chi connectivity index (χ0n) is 25.9. The molecule has 0 saturated carbocycles. The van der Waals surface area contributed by atoms with Crippen LogP contribution in [-0.4, -0.2) is 73.9 Å². The van der Waals surface area contributed by atoms with Gasteiger partial charge in [0.1, 0.15) is 23.2 Å². The summed E-state index contributed by atoms with van der Waals surface area (Å²) < 4.78 is 15.9. The number of rotatable bonds is 15. The van der Waals surface area contributed by atoms with Crippen LogP contribution in [0.15, 0.2) is 48.5 Å². The Morgan fingerprint density at radius 3 is 2.38 bits per heavy atom. The first-order valence-corrected chi connectivity index (χ1v) is 14.9. The van der Waals surface area contributed by atoms with Gasteiger partial charge in [0, 0.05) is 28.9 Å². The summed E-state index contributed by atoms with van der Waals surface area (Å²) in [6.45, 7) is 3.69. The number of carbonyl (C=O) groups is 5. The molecule has 0 radical (unpaired) electrons. The van der Waals surface area contributed by atoms with Crippen molar-refractivity contribution in [3.8, 4) is 11.5 Å². The number of nitrogens with one attached hydrogen (secondary N) is 4. The number of esters is 1. The predicted octanol–water partition coefficient (Wildman–Crippen LogP) is 2.70. The molecule has 0 aliphatic carbocycles. The molecule has 45 heavy (non-hydrogen) atoms. The van der Waals surface area contributed by atoms with Crippen molar-refractivity contribution < 1.29 is 38.2 Å². The van der Waals surface area contributed by atoms with E-state index in [1.807, 2.05) is 19.9 Å². The van der Waals surface area contributed by atoms with Gasteiger partial charge >= 0.3 is 5.97 Å². The summed E-state index contributed by atoms with van der Waals surface area (Å²) in [6.07, 6.45) is 0.716. The largest absolute Gasteiger partial charge is 0.496 e. The smallest absolute Gasteiger partial charge is 0.310 e. The maximum Gasteiger partial charge on any atom is 0.310 e. The van der Waals surface area contributed by atoms with E-state index in [-0.39, 0.29) is 30.4 Å². The number of hydrogen-bond acceptors (Lipinski definition) is 8. The van der Waals surface area contributed by atoms with Gasteiger partial charge in [-0.15, -0.1) is 0 Å². The molecule has 2 aromatic carbocycles. The number of carbonyl (C=O) groups excluding carboxylic acids is 5. The molecule has 1 aliphatic heterocycles. The number of fused-ring (bicyclic) bond motifs is 1. The van der Waals surface area contributed by atoms with Gasteiger partial charge in [-0.1, -0.05) is 38.1 Å². The zero-order valence-corrected chi connectivity index (χ0v) is 25.9. The third-order valence-corrected chi connectivity index (χ3v) is 7.71. The number of aromatic nitrogens is 1. The lowest BCUT2D eigenvalue weighted by atomic mass is 9.95. The van der Waals surface area contributed by atoms with Crippen LogP contribution >= 0.6 is 0 Å². The fraction of sp³-hybridized carbons (Fsp3) is 0.424. The number of methoxy groups -OCH3 is 2. The van der Waals surface area contributed by atoms with Gasteiger partial charge in [-0.2, -0.15) is 0 Å². The Labute approximate surface area is 261 Å². The molecule has 4 N–H and O–H groups in total. The van der Waals surface area contributed by atoms with E-state index in [4.69, 9.17) is 14.2 Å². The topological polar surface area (TPSA) is 165 Å². The number of benzene rings is 2. The van der Waals surface area contributed by atoms with Gasteiger partial charge in [-0.25, -0.2) is 0 Å². The molecule has 0 unspecified atom stereocenters. The van der Waals surface area contributed by atoms with Crippen LogP contribution in [0.2, 0.25) is 0 Å². The van der Waals surface area contributed by atoms with E-state index in [2.05, 4.69) is 20.9 Å². The third-order valence-electron chi connectivity index (χ3n) is 7.71. The molecule has 1 aliphatic rings. The minimum atomic E-state index is -1.12. The lowest BCUT2D eigenvalue weighted by Crippen LogP contribution is -2.53. The fourth-order valence-corrected chi connectivity index (χ4v) is 5.37. The number of amides is 3. The Balaban J connectivity index is 1.46. The van der Waals surface area contributed by atoms with E-state index < -0.39 is 48.2 Å². The van der Waals surface area contributed by atoms with Crippen molar-refractivity contribution >= 4 is 40.4 Å². The van der Waals surface area contributed by atoms with Crippen molar-refractivity contribution in [2.24, 2.45) is 11.8 Å². The molecule has 0 bridgehead atoms. The summed E-state index contributed by atoms with van der Waals surface area (Å²) in [5.41, 5.74) is 1.55. The first-order chi connectivity index (χ1) is 21.6. The molecular formula is C33H40N4O8. The van der Waals surface area contributed by atoms with E-state index in [1.54, 1.807) is 49.6 Å². The van der Waals surface area contributed by atoms with Crippen molar-refractivity contribution in [2.45, 2.75) is 51.6 Å². The quantitative estimate of drug-likeness (QED) is 0.188. The second-order valence-electron chi connectivity index (χ2n) is 11.4. The van der Waals surface area contributed by atoms with Gasteiger partial charge < -0.3 is 35.1 Å². The average molecular weight is 621 g/mol. The SMILES string of the molecule is COc1ccccc1CC(=O)OCC(=O)[C@H](C[C@@H]1CCNC1=O)NC(=O)[C@H](CC(C)C)NC(=O)c1cc2c(OC)cccc2[nH]1. The minimum absolute atomic E-state index is 0.0227. The highest BCUT2D eigenvalue weighted by Crippen LogP contribution is 2.26. The number of para-hydroxylation sites is 1. The highest BCUT2D eigenvalue weighted by Gasteiger charge is 2.34. The van der Waals surface area contributed by atoms with Crippen LogP contribution in [0.25, 0.3) is 10.9 Å². The summed E-state index contributed by atoms with van der Waals surface area (Å²) in [4.78, 5) is 68.2. The van der Waals surface area contributed by atoms with Crippen molar-refractivity contribution in [3.63, 3.8) is 0 Å². The van der Waals surface area contributed by atoms with E-state index in [9.17, 15) is 24.0 Å². The Morgan fingerprint density at radius 1 is 0.956 bits per heavy atom. The van der Waals surface area contributed by atoms with Crippen molar-refractivity contribution in [1.82, 2.24) is 20.9 Å². The molecule has 3 amide bonds. The van der Waals surface area contributed by atoms with Crippen LogP contribution in [0.5, 0.6) is 11.5 Å². The minimum Gasteiger partial charge on any atom is -0.496 e. The zero-order chi connectivity index (χ0) is 32.5. The van der Waals surface area contributed by atoms with Crippen LogP contribution in [0.3, 0.4) is 0 Å². The number of H-pyrrole nitrogens is 1. The highest BCUT2D eigenvalue weighted by molar-refractivity contribution is 6.02. The molecule has 4 rings (SSSR count). The lowest BCUT2D eigenvalue weighted by molar-refractivity contribution is -0.148. The summed E-state index contributed by atoms with van der Waals surface area (Å²) in [6, 6.07) is 11.9. The lowest BCUT2D eigenvalue weighted by Gasteiger charge is -2.25. The number of aromatic amines is 1. The number of hydrogen-bond donors (Lipinski definition) is 4. The molecular weight excluding hydrogens is 580 g/mol. The Bertz CT molecular complexity index is 1550. The second kappa shape index (κ2) is 15.2. The van der Waals surface area contributed by atoms with Gasteiger partial charge in [-0.05, 0) is 49.4 Å². The van der Waals surface area contributed by atoms with E-state index in [0.29, 0.717) is 42.0 Å². The van der Waals surface area contributed by atoms with Gasteiger partial charge in [0.25, 0.3) is 5.91 Å². The summed E-state index contributed by atoms with van der Waals surface area (Å²) in [7, 11) is 3.03. The average Bonchev–Trinajstić information content (AvgIpc) is 3.65.